The van der Waals surface area contributed by atoms with Crippen molar-refractivity contribution in [1.29, 1.82) is 0 Å². The summed E-state index contributed by atoms with van der Waals surface area (Å²) in [7, 11) is 0. The molecule has 1 unspecified atom stereocenters. The summed E-state index contributed by atoms with van der Waals surface area (Å²) in [6, 6.07) is 17.6. The molecule has 0 bridgehead atoms. The first-order valence-electron chi connectivity index (χ1n) is 11.2. The molecule has 0 spiro atoms. The van der Waals surface area contributed by atoms with Crippen molar-refractivity contribution in [3.05, 3.63) is 88.3 Å². The topological polar surface area (TPSA) is 71.5 Å². The van der Waals surface area contributed by atoms with Crippen LogP contribution in [0.3, 0.4) is 0 Å². The summed E-state index contributed by atoms with van der Waals surface area (Å²) < 4.78 is 19.0. The van der Waals surface area contributed by atoms with Crippen LogP contribution in [0.1, 0.15) is 50.9 Å². The van der Waals surface area contributed by atoms with Crippen molar-refractivity contribution in [2.45, 2.75) is 51.7 Å². The molecule has 0 fully saturated rings. The average molecular weight is 485 g/mol. The Labute approximate surface area is 205 Å². The maximum absolute atomic E-state index is 13.7. The van der Waals surface area contributed by atoms with Gasteiger partial charge in [-0.2, -0.15) is 0 Å². The number of carbonyl (C=O) groups is 1. The summed E-state index contributed by atoms with van der Waals surface area (Å²) in [5.41, 5.74) is 1.75. The number of ether oxygens (including phenoxy) is 1. The number of rotatable bonds is 8. The number of benzene rings is 2. The molecule has 2 aromatic carbocycles. The van der Waals surface area contributed by atoms with E-state index in [1.807, 2.05) is 63.2 Å². The number of nitrogens with one attached hydrogen (secondary N) is 1. The summed E-state index contributed by atoms with van der Waals surface area (Å²) in [5, 5.41) is 13.7. The predicted molar refractivity (Wildman–Crippen MR) is 132 cm³/mol. The monoisotopic (exact) mass is 484 g/mol. The van der Waals surface area contributed by atoms with Crippen LogP contribution in [-0.2, 0) is 22.4 Å². The maximum atomic E-state index is 13.7. The summed E-state index contributed by atoms with van der Waals surface area (Å²) in [6.07, 6.45) is -0.0605. The highest BCUT2D eigenvalue weighted by Crippen LogP contribution is 2.33. The Morgan fingerprint density at radius 3 is 2.47 bits per heavy atom. The zero-order chi connectivity index (χ0) is 24.9. The lowest BCUT2D eigenvalue weighted by Gasteiger charge is -2.29. The smallest absolute Gasteiger partial charge is 0.407 e. The normalized spacial score (nSPS) is 13.3. The molecule has 0 radical (unpaired) electrons. The fraction of sp³-hybridized carbons (Fsp3) is 0.333. The van der Waals surface area contributed by atoms with E-state index in [0.29, 0.717) is 29.9 Å². The highest BCUT2D eigenvalue weighted by Gasteiger charge is 2.28. The zero-order valence-electron chi connectivity index (χ0n) is 19.9. The van der Waals surface area contributed by atoms with Crippen LogP contribution in [0.2, 0.25) is 5.02 Å². The molecular weight excluding hydrogens is 455 g/mol. The molecule has 0 saturated carbocycles. The lowest BCUT2D eigenvalue weighted by atomic mass is 9.82. The number of amides is 1. The van der Waals surface area contributed by atoms with E-state index in [-0.39, 0.29) is 11.6 Å². The Morgan fingerprint density at radius 1 is 1.12 bits per heavy atom. The molecule has 3 rings (SSSR count). The van der Waals surface area contributed by atoms with Gasteiger partial charge >= 0.3 is 6.09 Å². The first kappa shape index (κ1) is 25.7. The number of aromatic nitrogens is 1. The van der Waals surface area contributed by atoms with Crippen LogP contribution in [0.5, 0.6) is 0 Å². The van der Waals surface area contributed by atoms with Crippen molar-refractivity contribution in [3.8, 4) is 11.3 Å². The van der Waals surface area contributed by atoms with Crippen molar-refractivity contribution < 1.29 is 19.0 Å². The summed E-state index contributed by atoms with van der Waals surface area (Å²) in [6.45, 7) is 8.01. The summed E-state index contributed by atoms with van der Waals surface area (Å²) in [5.74, 6) is -0.513. The fourth-order valence-corrected chi connectivity index (χ4v) is 3.53. The van der Waals surface area contributed by atoms with Gasteiger partial charge in [0.15, 0.2) is 0 Å². The second kappa shape index (κ2) is 10.5. The molecule has 34 heavy (non-hydrogen) atoms. The van der Waals surface area contributed by atoms with Gasteiger partial charge in [-0.05, 0) is 54.8 Å². The van der Waals surface area contributed by atoms with Gasteiger partial charge in [-0.3, -0.25) is 0 Å². The third kappa shape index (κ3) is 6.33. The molecule has 1 atom stereocenters. The lowest BCUT2D eigenvalue weighted by molar-refractivity contribution is 0.0484. The third-order valence-corrected chi connectivity index (χ3v) is 6.24. The molecule has 0 aliphatic carbocycles. The van der Waals surface area contributed by atoms with Crippen LogP contribution in [0, 0.1) is 5.82 Å². The fourth-order valence-electron chi connectivity index (χ4n) is 3.35. The number of alkyl carbamates (subject to hydrolysis) is 1. The van der Waals surface area contributed by atoms with E-state index in [1.165, 1.54) is 12.1 Å². The molecule has 3 aromatic rings. The zero-order valence-corrected chi connectivity index (χ0v) is 20.6. The largest absolute Gasteiger partial charge is 0.445 e. The van der Waals surface area contributed by atoms with Crippen molar-refractivity contribution in [1.82, 2.24) is 10.3 Å². The van der Waals surface area contributed by atoms with Crippen LogP contribution in [0.15, 0.2) is 60.7 Å². The van der Waals surface area contributed by atoms with Crippen molar-refractivity contribution >= 4 is 17.7 Å². The molecule has 7 heteroatoms. The van der Waals surface area contributed by atoms with E-state index in [0.717, 1.165) is 11.1 Å². The molecule has 1 aromatic heterocycles. The van der Waals surface area contributed by atoms with Gasteiger partial charge in [0.1, 0.15) is 18.0 Å². The minimum Gasteiger partial charge on any atom is -0.445 e. The van der Waals surface area contributed by atoms with Gasteiger partial charge in [-0.25, -0.2) is 14.2 Å². The van der Waals surface area contributed by atoms with E-state index in [2.05, 4.69) is 10.3 Å². The van der Waals surface area contributed by atoms with Crippen molar-refractivity contribution in [3.63, 3.8) is 0 Å². The van der Waals surface area contributed by atoms with Gasteiger partial charge in [0.2, 0.25) is 0 Å². The van der Waals surface area contributed by atoms with E-state index in [1.54, 1.807) is 13.0 Å². The second-order valence-corrected chi connectivity index (χ2v) is 9.59. The van der Waals surface area contributed by atoms with E-state index < -0.39 is 22.9 Å². The SMILES string of the molecule is CCC(C)(O)c1cc(C(C)(C)CNC(=O)OCc2ccccc2)cc(-c2ccc(F)c(Cl)c2)n1. The quantitative estimate of drug-likeness (QED) is 0.390. The Kier molecular flexibility index (Phi) is 7.95. The molecule has 5 nitrogen and oxygen atoms in total. The number of nitrogens with zero attached hydrogens (tertiary/aromatic N) is 1. The predicted octanol–water partition coefficient (Wildman–Crippen LogP) is 6.36. The molecule has 0 saturated heterocycles. The van der Waals surface area contributed by atoms with Gasteiger partial charge in [-0.15, -0.1) is 0 Å². The van der Waals surface area contributed by atoms with E-state index in [4.69, 9.17) is 16.3 Å². The summed E-state index contributed by atoms with van der Waals surface area (Å²) in [4.78, 5) is 16.9. The Hall–Kier alpha value is -2.96. The number of halogens is 2. The summed E-state index contributed by atoms with van der Waals surface area (Å²) >= 11 is 6.00. The minimum absolute atomic E-state index is 0.00408. The average Bonchev–Trinajstić information content (AvgIpc) is 2.83. The number of hydrogen-bond acceptors (Lipinski definition) is 4. The van der Waals surface area contributed by atoms with Crippen LogP contribution in [-0.4, -0.2) is 22.7 Å². The van der Waals surface area contributed by atoms with Crippen molar-refractivity contribution in [2.75, 3.05) is 6.54 Å². The Bertz CT molecular complexity index is 1150. The molecule has 1 amide bonds. The van der Waals surface area contributed by atoms with Gasteiger partial charge in [-0.1, -0.05) is 62.7 Å². The van der Waals surface area contributed by atoms with Crippen LogP contribution >= 0.6 is 11.6 Å². The van der Waals surface area contributed by atoms with Gasteiger partial charge in [0.25, 0.3) is 0 Å². The molecule has 2 N–H and O–H groups in total. The number of aliphatic hydroxyl groups is 1. The lowest BCUT2D eigenvalue weighted by Crippen LogP contribution is -2.37. The maximum Gasteiger partial charge on any atom is 0.407 e. The number of pyridine rings is 1. The Balaban J connectivity index is 1.84. The van der Waals surface area contributed by atoms with Crippen LogP contribution in [0.25, 0.3) is 11.3 Å². The molecular formula is C27H30ClFN2O3. The van der Waals surface area contributed by atoms with E-state index in [9.17, 15) is 14.3 Å². The van der Waals surface area contributed by atoms with Crippen molar-refractivity contribution in [2.24, 2.45) is 0 Å². The highest BCUT2D eigenvalue weighted by molar-refractivity contribution is 6.31. The van der Waals surface area contributed by atoms with Gasteiger partial charge in [0, 0.05) is 17.5 Å². The molecule has 0 aliphatic rings. The first-order valence-corrected chi connectivity index (χ1v) is 11.5. The second-order valence-electron chi connectivity index (χ2n) is 9.18. The number of carbonyl (C=O) groups excluding carboxylic acids is 1. The molecule has 1 heterocycles. The number of hydrogen-bond donors (Lipinski definition) is 2. The van der Waals surface area contributed by atoms with E-state index >= 15 is 0 Å². The third-order valence-electron chi connectivity index (χ3n) is 5.95. The van der Waals surface area contributed by atoms with Crippen LogP contribution in [0.4, 0.5) is 9.18 Å². The standard InChI is InChI=1S/C27H30ClFN2O3/c1-5-27(4,33)24-15-20(14-23(31-24)19-11-12-22(29)21(28)13-19)26(2,3)17-30-25(32)34-16-18-9-7-6-8-10-18/h6-15,33H,5,16-17H2,1-4H3,(H,30,32). The highest BCUT2D eigenvalue weighted by atomic mass is 35.5. The van der Waals surface area contributed by atoms with Gasteiger partial charge in [0.05, 0.1) is 16.4 Å². The first-order chi connectivity index (χ1) is 16.0. The molecule has 180 valence electrons. The molecule has 0 aliphatic heterocycles. The Morgan fingerprint density at radius 2 is 1.82 bits per heavy atom. The van der Waals surface area contributed by atoms with Crippen LogP contribution < -0.4 is 5.32 Å². The van der Waals surface area contributed by atoms with Gasteiger partial charge < -0.3 is 15.2 Å². The minimum atomic E-state index is -1.16.